The van der Waals surface area contributed by atoms with Gasteiger partial charge >= 0.3 is 0 Å². The smallest absolute Gasteiger partial charge is 0.120 e. The molecule has 3 heteroatoms. The Morgan fingerprint density at radius 1 is 1.40 bits per heavy atom. The number of benzene rings is 1. The Morgan fingerprint density at radius 2 is 2.25 bits per heavy atom. The van der Waals surface area contributed by atoms with Crippen molar-refractivity contribution in [2.45, 2.75) is 19.3 Å². The number of likely N-dealkylation sites (N-methyl/N-ethyl adjacent to an activating group) is 1. The summed E-state index contributed by atoms with van der Waals surface area (Å²) < 4.78 is 5.76. The van der Waals surface area contributed by atoms with Gasteiger partial charge in [-0.2, -0.15) is 0 Å². The fourth-order valence-electron chi connectivity index (χ4n) is 2.33. The summed E-state index contributed by atoms with van der Waals surface area (Å²) in [6, 6.07) is 7.69. The molecular weight excluding hydrogens is 250 g/mol. The molecule has 3 nitrogen and oxygen atoms in total. The van der Waals surface area contributed by atoms with Crippen molar-refractivity contribution in [3.05, 3.63) is 29.8 Å². The molecule has 1 N–H and O–H groups in total. The third-order valence-corrected chi connectivity index (χ3v) is 3.68. The largest absolute Gasteiger partial charge is 0.492 e. The summed E-state index contributed by atoms with van der Waals surface area (Å²) in [4.78, 5) is 2.35. The molecule has 0 spiro atoms. The molecule has 1 aromatic rings. The summed E-state index contributed by atoms with van der Waals surface area (Å²) in [5, 5.41) is 8.69. The van der Waals surface area contributed by atoms with E-state index in [1.807, 2.05) is 24.3 Å². The molecule has 2 rings (SSSR count). The minimum Gasteiger partial charge on any atom is -0.492 e. The number of hydrogen-bond acceptors (Lipinski definition) is 3. The Morgan fingerprint density at radius 3 is 2.95 bits per heavy atom. The number of aliphatic hydroxyl groups excluding tert-OH is 1. The molecule has 0 radical (unpaired) electrons. The van der Waals surface area contributed by atoms with E-state index >= 15 is 0 Å². The third kappa shape index (κ3) is 4.88. The van der Waals surface area contributed by atoms with E-state index in [1.165, 1.54) is 25.8 Å². The summed E-state index contributed by atoms with van der Waals surface area (Å²) in [6.07, 6.45) is 4.17. The quantitative estimate of drug-likeness (QED) is 0.806. The van der Waals surface area contributed by atoms with Crippen molar-refractivity contribution >= 4 is 0 Å². The lowest BCUT2D eigenvalue weighted by Crippen LogP contribution is -2.32. The van der Waals surface area contributed by atoms with Crippen LogP contribution in [0.2, 0.25) is 0 Å². The summed E-state index contributed by atoms with van der Waals surface area (Å²) in [6.45, 7) is 2.71. The molecule has 1 aromatic carbocycles. The lowest BCUT2D eigenvalue weighted by atomic mass is 9.85. The van der Waals surface area contributed by atoms with Crippen molar-refractivity contribution in [1.82, 2.24) is 4.90 Å². The molecule has 0 heterocycles. The van der Waals surface area contributed by atoms with Crippen LogP contribution < -0.4 is 4.74 Å². The van der Waals surface area contributed by atoms with E-state index in [0.29, 0.717) is 6.61 Å². The van der Waals surface area contributed by atoms with Crippen LogP contribution in [-0.2, 0) is 0 Å². The highest BCUT2D eigenvalue weighted by Crippen LogP contribution is 2.26. The summed E-state index contributed by atoms with van der Waals surface area (Å²) in [5.41, 5.74) is 0.874. The normalized spacial score (nSPS) is 14.6. The van der Waals surface area contributed by atoms with Crippen molar-refractivity contribution in [3.63, 3.8) is 0 Å². The van der Waals surface area contributed by atoms with Gasteiger partial charge in [0.15, 0.2) is 0 Å². The molecule has 1 aliphatic carbocycles. The Hall–Kier alpha value is -1.50. The van der Waals surface area contributed by atoms with E-state index in [1.54, 1.807) is 0 Å². The van der Waals surface area contributed by atoms with Crippen molar-refractivity contribution in [3.8, 4) is 17.6 Å². The highest BCUT2D eigenvalue weighted by atomic mass is 16.5. The lowest BCUT2D eigenvalue weighted by molar-refractivity contribution is 0.177. The van der Waals surface area contributed by atoms with Gasteiger partial charge in [0.1, 0.15) is 19.0 Å². The number of aliphatic hydroxyl groups is 1. The van der Waals surface area contributed by atoms with Crippen molar-refractivity contribution < 1.29 is 9.84 Å². The van der Waals surface area contributed by atoms with Crippen LogP contribution in [0.15, 0.2) is 24.3 Å². The molecule has 20 heavy (non-hydrogen) atoms. The topological polar surface area (TPSA) is 32.7 Å². The third-order valence-electron chi connectivity index (χ3n) is 3.68. The van der Waals surface area contributed by atoms with Crippen LogP contribution in [0.25, 0.3) is 0 Å². The van der Waals surface area contributed by atoms with E-state index < -0.39 is 0 Å². The minimum absolute atomic E-state index is 0.114. The van der Waals surface area contributed by atoms with Gasteiger partial charge < -0.3 is 14.7 Å². The Kier molecular flexibility index (Phi) is 5.91. The van der Waals surface area contributed by atoms with Gasteiger partial charge in [0.05, 0.1) is 0 Å². The second-order valence-electron chi connectivity index (χ2n) is 5.40. The number of rotatable bonds is 6. The molecule has 0 aliphatic heterocycles. The van der Waals surface area contributed by atoms with Crippen LogP contribution in [0.3, 0.4) is 0 Å². The molecular formula is C17H23NO2. The summed E-state index contributed by atoms with van der Waals surface area (Å²) >= 11 is 0. The maximum absolute atomic E-state index is 8.69. The van der Waals surface area contributed by atoms with Gasteiger partial charge in [-0.3, -0.25) is 0 Å². The maximum Gasteiger partial charge on any atom is 0.120 e. The van der Waals surface area contributed by atoms with E-state index in [-0.39, 0.29) is 6.61 Å². The Balaban J connectivity index is 1.72. The van der Waals surface area contributed by atoms with E-state index in [4.69, 9.17) is 9.84 Å². The SMILES string of the molecule is CN(CCOc1cccc(C#CCO)c1)CC1CCC1. The maximum atomic E-state index is 8.69. The van der Waals surface area contributed by atoms with Crippen LogP contribution in [0.5, 0.6) is 5.75 Å². The zero-order chi connectivity index (χ0) is 14.2. The first-order valence-electron chi connectivity index (χ1n) is 7.29. The fraction of sp³-hybridized carbons (Fsp3) is 0.529. The lowest BCUT2D eigenvalue weighted by Gasteiger charge is -2.30. The van der Waals surface area contributed by atoms with Crippen LogP contribution >= 0.6 is 0 Å². The fourth-order valence-corrected chi connectivity index (χ4v) is 2.33. The zero-order valence-electron chi connectivity index (χ0n) is 12.1. The zero-order valence-corrected chi connectivity index (χ0v) is 12.1. The van der Waals surface area contributed by atoms with Gasteiger partial charge in [-0.1, -0.05) is 24.3 Å². The van der Waals surface area contributed by atoms with Crippen molar-refractivity contribution in [1.29, 1.82) is 0 Å². The van der Waals surface area contributed by atoms with Crippen molar-refractivity contribution in [2.75, 3.05) is 33.4 Å². The minimum atomic E-state index is -0.114. The molecule has 0 unspecified atom stereocenters. The molecule has 0 atom stereocenters. The van der Waals surface area contributed by atoms with E-state index in [2.05, 4.69) is 23.8 Å². The highest BCUT2D eigenvalue weighted by Gasteiger charge is 2.18. The second kappa shape index (κ2) is 7.94. The first kappa shape index (κ1) is 14.9. The molecule has 108 valence electrons. The molecule has 1 aliphatic rings. The first-order valence-corrected chi connectivity index (χ1v) is 7.29. The standard InChI is InChI=1S/C17H23NO2/c1-18(14-16-6-2-7-16)10-12-20-17-9-3-5-15(13-17)8-4-11-19/h3,5,9,13,16,19H,2,6-7,10-12,14H2,1H3. The monoisotopic (exact) mass is 273 g/mol. The van der Waals surface area contributed by atoms with Gasteiger partial charge in [0.2, 0.25) is 0 Å². The molecule has 0 saturated heterocycles. The predicted molar refractivity (Wildman–Crippen MR) is 80.7 cm³/mol. The molecule has 1 fully saturated rings. The van der Waals surface area contributed by atoms with Gasteiger partial charge in [-0.25, -0.2) is 0 Å². The number of ether oxygens (including phenoxy) is 1. The van der Waals surface area contributed by atoms with Crippen LogP contribution in [0.1, 0.15) is 24.8 Å². The molecule has 1 saturated carbocycles. The van der Waals surface area contributed by atoms with Crippen LogP contribution in [-0.4, -0.2) is 43.4 Å². The number of hydrogen-bond donors (Lipinski definition) is 1. The average molecular weight is 273 g/mol. The molecule has 0 bridgehead atoms. The first-order chi connectivity index (χ1) is 9.78. The van der Waals surface area contributed by atoms with Crippen molar-refractivity contribution in [2.24, 2.45) is 5.92 Å². The molecule has 0 aromatic heterocycles. The predicted octanol–water partition coefficient (Wildman–Crippen LogP) is 2.14. The summed E-state index contributed by atoms with van der Waals surface area (Å²) in [7, 11) is 2.16. The van der Waals surface area contributed by atoms with Crippen LogP contribution in [0, 0.1) is 17.8 Å². The molecule has 0 amide bonds. The van der Waals surface area contributed by atoms with Gasteiger partial charge in [0, 0.05) is 18.7 Å². The van der Waals surface area contributed by atoms with Gasteiger partial charge in [-0.05, 0) is 44.0 Å². The highest BCUT2D eigenvalue weighted by molar-refractivity contribution is 5.39. The second-order valence-corrected chi connectivity index (χ2v) is 5.40. The van der Waals surface area contributed by atoms with Crippen LogP contribution in [0.4, 0.5) is 0 Å². The Bertz CT molecular complexity index is 471. The average Bonchev–Trinajstić information content (AvgIpc) is 2.41. The van der Waals surface area contributed by atoms with Gasteiger partial charge in [-0.15, -0.1) is 0 Å². The van der Waals surface area contributed by atoms with E-state index in [9.17, 15) is 0 Å². The van der Waals surface area contributed by atoms with Gasteiger partial charge in [0.25, 0.3) is 0 Å². The number of nitrogens with zero attached hydrogens (tertiary/aromatic N) is 1. The Labute approximate surface area is 121 Å². The van der Waals surface area contributed by atoms with E-state index in [0.717, 1.165) is 23.8 Å². The summed E-state index contributed by atoms with van der Waals surface area (Å²) in [5.74, 6) is 7.27.